The van der Waals surface area contributed by atoms with Gasteiger partial charge in [0.1, 0.15) is 6.10 Å². The Morgan fingerprint density at radius 1 is 1.00 bits per heavy atom. The van der Waals surface area contributed by atoms with Gasteiger partial charge in [-0.1, -0.05) is 0 Å². The molecular formula is C11H18O3. The van der Waals surface area contributed by atoms with Crippen molar-refractivity contribution in [3.63, 3.8) is 0 Å². The molecule has 0 aromatic carbocycles. The Bertz CT molecular complexity index is 229. The second-order valence-electron chi connectivity index (χ2n) is 5.19. The second-order valence-corrected chi connectivity index (χ2v) is 5.19. The Balaban J connectivity index is 1.65. The summed E-state index contributed by atoms with van der Waals surface area (Å²) in [5.74, 6) is 0.688. The lowest BCUT2D eigenvalue weighted by Gasteiger charge is -2.31. The minimum atomic E-state index is -0.482. The molecule has 3 aliphatic rings. The van der Waals surface area contributed by atoms with Crippen molar-refractivity contribution in [3.8, 4) is 0 Å². The molecule has 3 rings (SSSR count). The van der Waals surface area contributed by atoms with Gasteiger partial charge in [0.15, 0.2) is 6.29 Å². The van der Waals surface area contributed by atoms with E-state index in [9.17, 15) is 10.2 Å². The normalized spacial score (nSPS) is 50.1. The first kappa shape index (κ1) is 9.13. The molecule has 0 aromatic rings. The van der Waals surface area contributed by atoms with Crippen LogP contribution in [0, 0.1) is 11.3 Å². The molecule has 0 spiro atoms. The standard InChI is InChI=1S/C11H18O3/c12-8-3-1-7(2-4-8)11(5-6-11)9-10(13)14-9/h7-10,12-13H,1-6H2. The zero-order valence-electron chi connectivity index (χ0n) is 8.35. The van der Waals surface area contributed by atoms with E-state index in [0.29, 0.717) is 11.3 Å². The number of aliphatic hydroxyl groups excluding tert-OH is 2. The monoisotopic (exact) mass is 198 g/mol. The van der Waals surface area contributed by atoms with Gasteiger partial charge in [0.25, 0.3) is 0 Å². The molecule has 3 heteroatoms. The van der Waals surface area contributed by atoms with Crippen molar-refractivity contribution in [3.05, 3.63) is 0 Å². The van der Waals surface area contributed by atoms with E-state index in [1.807, 2.05) is 0 Å². The summed E-state index contributed by atoms with van der Waals surface area (Å²) >= 11 is 0. The maximum Gasteiger partial charge on any atom is 0.182 e. The van der Waals surface area contributed by atoms with Gasteiger partial charge in [0.2, 0.25) is 0 Å². The Kier molecular flexibility index (Phi) is 1.92. The molecule has 0 aromatic heterocycles. The highest BCUT2D eigenvalue weighted by atomic mass is 16.7. The van der Waals surface area contributed by atoms with E-state index in [2.05, 4.69) is 0 Å². The Labute approximate surface area is 84.1 Å². The maximum absolute atomic E-state index is 9.44. The predicted molar refractivity (Wildman–Crippen MR) is 50.5 cm³/mol. The summed E-state index contributed by atoms with van der Waals surface area (Å²) in [4.78, 5) is 0. The van der Waals surface area contributed by atoms with Gasteiger partial charge < -0.3 is 14.9 Å². The van der Waals surface area contributed by atoms with Crippen LogP contribution in [-0.2, 0) is 4.74 Å². The number of ether oxygens (including phenoxy) is 1. The topological polar surface area (TPSA) is 53.0 Å². The van der Waals surface area contributed by atoms with Crippen LogP contribution in [0.5, 0.6) is 0 Å². The van der Waals surface area contributed by atoms with Crippen LogP contribution >= 0.6 is 0 Å². The Morgan fingerprint density at radius 3 is 2.00 bits per heavy atom. The van der Waals surface area contributed by atoms with Crippen molar-refractivity contribution in [1.82, 2.24) is 0 Å². The second kappa shape index (κ2) is 2.94. The van der Waals surface area contributed by atoms with Crippen molar-refractivity contribution in [2.24, 2.45) is 11.3 Å². The largest absolute Gasteiger partial charge is 0.393 e. The fraction of sp³-hybridized carbons (Fsp3) is 1.00. The van der Waals surface area contributed by atoms with Gasteiger partial charge >= 0.3 is 0 Å². The fourth-order valence-electron chi connectivity index (χ4n) is 3.24. The van der Waals surface area contributed by atoms with Crippen LogP contribution in [0.3, 0.4) is 0 Å². The summed E-state index contributed by atoms with van der Waals surface area (Å²) in [5.41, 5.74) is 0.305. The van der Waals surface area contributed by atoms with Crippen molar-refractivity contribution in [1.29, 1.82) is 0 Å². The molecule has 0 amide bonds. The average molecular weight is 198 g/mol. The zero-order valence-corrected chi connectivity index (χ0v) is 8.35. The maximum atomic E-state index is 9.44. The van der Waals surface area contributed by atoms with Crippen LogP contribution in [0.1, 0.15) is 38.5 Å². The van der Waals surface area contributed by atoms with Crippen molar-refractivity contribution in [2.75, 3.05) is 0 Å². The highest BCUT2D eigenvalue weighted by Crippen LogP contribution is 2.63. The Morgan fingerprint density at radius 2 is 1.57 bits per heavy atom. The van der Waals surface area contributed by atoms with E-state index < -0.39 is 6.29 Å². The van der Waals surface area contributed by atoms with Crippen LogP contribution < -0.4 is 0 Å². The molecule has 80 valence electrons. The van der Waals surface area contributed by atoms with E-state index in [-0.39, 0.29) is 12.2 Å². The van der Waals surface area contributed by atoms with E-state index in [4.69, 9.17) is 4.74 Å². The van der Waals surface area contributed by atoms with E-state index in [0.717, 1.165) is 25.7 Å². The third-order valence-electron chi connectivity index (χ3n) is 4.37. The Hall–Kier alpha value is -0.120. The van der Waals surface area contributed by atoms with E-state index in [1.54, 1.807) is 0 Å². The lowest BCUT2D eigenvalue weighted by Crippen LogP contribution is -2.29. The van der Waals surface area contributed by atoms with Crippen molar-refractivity contribution < 1.29 is 14.9 Å². The number of rotatable bonds is 2. The first-order valence-corrected chi connectivity index (χ1v) is 5.74. The SMILES string of the molecule is OC1CCC(C2(C3OC3O)CC2)CC1. The van der Waals surface area contributed by atoms with Gasteiger partial charge in [-0.05, 0) is 44.4 Å². The highest BCUT2D eigenvalue weighted by Gasteiger charge is 2.64. The summed E-state index contributed by atoms with van der Waals surface area (Å²) in [6, 6.07) is 0. The summed E-state index contributed by atoms with van der Waals surface area (Å²) in [7, 11) is 0. The molecule has 1 saturated heterocycles. The minimum absolute atomic E-state index is 0.0768. The number of hydrogen-bond donors (Lipinski definition) is 2. The fourth-order valence-corrected chi connectivity index (χ4v) is 3.24. The average Bonchev–Trinajstić information content (AvgIpc) is 3.02. The van der Waals surface area contributed by atoms with Crippen LogP contribution in [0.25, 0.3) is 0 Å². The molecule has 3 nitrogen and oxygen atoms in total. The summed E-state index contributed by atoms with van der Waals surface area (Å²) in [6.45, 7) is 0. The third kappa shape index (κ3) is 1.30. The van der Waals surface area contributed by atoms with E-state index in [1.165, 1.54) is 12.8 Å². The zero-order chi connectivity index (χ0) is 9.76. The van der Waals surface area contributed by atoms with Crippen molar-refractivity contribution >= 4 is 0 Å². The van der Waals surface area contributed by atoms with Gasteiger partial charge in [-0.2, -0.15) is 0 Å². The molecule has 2 aliphatic carbocycles. The summed E-state index contributed by atoms with van der Waals surface area (Å²) < 4.78 is 5.22. The number of epoxide rings is 1. The molecule has 1 heterocycles. The molecule has 0 radical (unpaired) electrons. The lowest BCUT2D eigenvalue weighted by molar-refractivity contribution is 0.0768. The first-order chi connectivity index (χ1) is 6.72. The number of aliphatic hydroxyl groups is 2. The first-order valence-electron chi connectivity index (χ1n) is 5.74. The van der Waals surface area contributed by atoms with Gasteiger partial charge in [-0.3, -0.25) is 0 Å². The number of hydrogen-bond acceptors (Lipinski definition) is 3. The molecule has 1 aliphatic heterocycles. The smallest absolute Gasteiger partial charge is 0.182 e. The summed E-state index contributed by atoms with van der Waals surface area (Å²) in [6.07, 6.45) is 6.12. The van der Waals surface area contributed by atoms with Gasteiger partial charge in [0.05, 0.1) is 6.10 Å². The molecule has 3 fully saturated rings. The quantitative estimate of drug-likeness (QED) is 0.652. The van der Waals surface area contributed by atoms with Crippen LogP contribution in [0.2, 0.25) is 0 Å². The molecule has 2 atom stereocenters. The minimum Gasteiger partial charge on any atom is -0.393 e. The lowest BCUT2D eigenvalue weighted by atomic mass is 9.75. The van der Waals surface area contributed by atoms with E-state index >= 15 is 0 Å². The van der Waals surface area contributed by atoms with Gasteiger partial charge in [-0.25, -0.2) is 0 Å². The van der Waals surface area contributed by atoms with Crippen LogP contribution in [0.15, 0.2) is 0 Å². The van der Waals surface area contributed by atoms with Crippen molar-refractivity contribution in [2.45, 2.75) is 57.0 Å². The van der Waals surface area contributed by atoms with Crippen LogP contribution in [0.4, 0.5) is 0 Å². The predicted octanol–water partition coefficient (Wildman–Crippen LogP) is 1.03. The molecule has 14 heavy (non-hydrogen) atoms. The summed E-state index contributed by atoms with van der Waals surface area (Å²) in [5, 5.41) is 18.8. The molecule has 2 N–H and O–H groups in total. The molecule has 2 unspecified atom stereocenters. The molecule has 0 bridgehead atoms. The third-order valence-corrected chi connectivity index (χ3v) is 4.37. The van der Waals surface area contributed by atoms with Gasteiger partial charge in [0, 0.05) is 5.41 Å². The molecular weight excluding hydrogens is 180 g/mol. The molecule has 2 saturated carbocycles. The highest BCUT2D eigenvalue weighted by molar-refractivity contribution is 5.09. The van der Waals surface area contributed by atoms with Gasteiger partial charge in [-0.15, -0.1) is 0 Å². The van der Waals surface area contributed by atoms with Crippen LogP contribution in [-0.4, -0.2) is 28.7 Å².